The Hall–Kier alpha value is -1.53. The molecule has 1 aliphatic rings. The minimum absolute atomic E-state index is 0.177. The zero-order valence-electron chi connectivity index (χ0n) is 15.9. The van der Waals surface area contributed by atoms with Crippen LogP contribution >= 0.6 is 11.8 Å². The summed E-state index contributed by atoms with van der Waals surface area (Å²) in [5, 5.41) is 17.6. The smallest absolute Gasteiger partial charge is 0.119 e. The molecule has 27 heavy (non-hydrogen) atoms. The van der Waals surface area contributed by atoms with E-state index in [1.807, 2.05) is 42.1 Å². The van der Waals surface area contributed by atoms with E-state index >= 15 is 0 Å². The third-order valence-corrected chi connectivity index (χ3v) is 5.87. The van der Waals surface area contributed by atoms with Gasteiger partial charge in [0.15, 0.2) is 0 Å². The zero-order valence-corrected chi connectivity index (χ0v) is 16.8. The lowest BCUT2D eigenvalue weighted by Gasteiger charge is -2.18. The van der Waals surface area contributed by atoms with Crippen LogP contribution < -0.4 is 15.4 Å². The fraction of sp³-hybridized carbons (Fsp3) is 0.455. The summed E-state index contributed by atoms with van der Waals surface area (Å²) in [6.07, 6.45) is 1.38. The van der Waals surface area contributed by atoms with Crippen molar-refractivity contribution in [3.05, 3.63) is 65.7 Å². The van der Waals surface area contributed by atoms with Crippen LogP contribution in [-0.4, -0.2) is 48.1 Å². The van der Waals surface area contributed by atoms with Crippen LogP contribution in [0.3, 0.4) is 0 Å². The van der Waals surface area contributed by atoms with E-state index in [-0.39, 0.29) is 6.04 Å². The highest BCUT2D eigenvalue weighted by molar-refractivity contribution is 8.00. The van der Waals surface area contributed by atoms with Crippen molar-refractivity contribution in [3.8, 4) is 5.75 Å². The van der Waals surface area contributed by atoms with E-state index in [9.17, 15) is 5.11 Å². The predicted molar refractivity (Wildman–Crippen MR) is 114 cm³/mol. The largest absolute Gasteiger partial charge is 0.492 e. The second-order valence-corrected chi connectivity index (χ2v) is 8.49. The summed E-state index contributed by atoms with van der Waals surface area (Å²) in [7, 11) is 0. The molecule has 0 saturated carbocycles. The Bertz CT molecular complexity index is 660. The lowest BCUT2D eigenvalue weighted by Crippen LogP contribution is -2.38. The van der Waals surface area contributed by atoms with E-state index < -0.39 is 6.10 Å². The Kier molecular flexibility index (Phi) is 8.02. The molecule has 0 spiro atoms. The van der Waals surface area contributed by atoms with Crippen LogP contribution in [0.2, 0.25) is 0 Å². The number of aliphatic hydroxyl groups excluding tert-OH is 1. The van der Waals surface area contributed by atoms with Gasteiger partial charge in [0.2, 0.25) is 0 Å². The number of hydrogen-bond donors (Lipinski definition) is 3. The summed E-state index contributed by atoms with van der Waals surface area (Å²) >= 11 is 1.99. The fourth-order valence-electron chi connectivity index (χ4n) is 3.15. The SMILES string of the molecule is CC(COc1ccc(CC2CNCS2)cc1)NCC(O)Cc1ccccc1. The van der Waals surface area contributed by atoms with Crippen molar-refractivity contribution in [1.29, 1.82) is 0 Å². The van der Waals surface area contributed by atoms with Crippen molar-refractivity contribution in [1.82, 2.24) is 10.6 Å². The van der Waals surface area contributed by atoms with Crippen LogP contribution in [0.4, 0.5) is 0 Å². The third-order valence-electron chi connectivity index (χ3n) is 4.70. The molecule has 4 nitrogen and oxygen atoms in total. The minimum Gasteiger partial charge on any atom is -0.492 e. The van der Waals surface area contributed by atoms with Gasteiger partial charge >= 0.3 is 0 Å². The number of ether oxygens (including phenoxy) is 1. The zero-order chi connectivity index (χ0) is 18.9. The van der Waals surface area contributed by atoms with E-state index in [2.05, 4.69) is 41.8 Å². The average Bonchev–Trinajstić information content (AvgIpc) is 3.20. The summed E-state index contributed by atoms with van der Waals surface area (Å²) in [5.41, 5.74) is 2.52. The Morgan fingerprint density at radius 1 is 1.15 bits per heavy atom. The van der Waals surface area contributed by atoms with Gasteiger partial charge in [-0.25, -0.2) is 0 Å². The summed E-state index contributed by atoms with van der Waals surface area (Å²) < 4.78 is 5.88. The van der Waals surface area contributed by atoms with Gasteiger partial charge in [-0.3, -0.25) is 0 Å². The molecule has 3 atom stereocenters. The summed E-state index contributed by atoms with van der Waals surface area (Å²) in [6.45, 7) is 4.32. The molecule has 0 bridgehead atoms. The average molecular weight is 387 g/mol. The summed E-state index contributed by atoms with van der Waals surface area (Å²) in [6, 6.07) is 18.7. The Labute approximate surface area is 166 Å². The maximum Gasteiger partial charge on any atom is 0.119 e. The minimum atomic E-state index is -0.392. The van der Waals surface area contributed by atoms with Crippen LogP contribution in [0.15, 0.2) is 54.6 Å². The highest BCUT2D eigenvalue weighted by atomic mass is 32.2. The van der Waals surface area contributed by atoms with E-state index in [0.717, 1.165) is 30.2 Å². The van der Waals surface area contributed by atoms with Crippen molar-refractivity contribution in [3.63, 3.8) is 0 Å². The highest BCUT2D eigenvalue weighted by Gasteiger charge is 2.15. The van der Waals surface area contributed by atoms with Crippen LogP contribution in [0.25, 0.3) is 0 Å². The molecule has 3 unspecified atom stereocenters. The molecule has 3 N–H and O–H groups in total. The van der Waals surface area contributed by atoms with Crippen molar-refractivity contribution >= 4 is 11.8 Å². The standard InChI is InChI=1S/C22H30N2O2S/c1-17(24-13-20(25)11-18-5-3-2-4-6-18)15-26-21-9-7-19(8-10-21)12-22-14-23-16-27-22/h2-10,17,20,22-25H,11-16H2,1H3. The number of hydrogen-bond acceptors (Lipinski definition) is 5. The molecule has 0 aromatic heterocycles. The molecule has 1 saturated heterocycles. The van der Waals surface area contributed by atoms with Gasteiger partial charge < -0.3 is 20.5 Å². The van der Waals surface area contributed by atoms with Gasteiger partial charge in [0, 0.05) is 30.3 Å². The molecular formula is C22H30N2O2S. The normalized spacial score (nSPS) is 19.0. The van der Waals surface area contributed by atoms with Gasteiger partial charge in [-0.1, -0.05) is 42.5 Å². The highest BCUT2D eigenvalue weighted by Crippen LogP contribution is 2.21. The number of nitrogens with one attached hydrogen (secondary N) is 2. The maximum absolute atomic E-state index is 10.2. The third kappa shape index (κ3) is 7.18. The molecule has 0 radical (unpaired) electrons. The van der Waals surface area contributed by atoms with E-state index in [4.69, 9.17) is 4.74 Å². The molecule has 146 valence electrons. The first-order valence-corrected chi connectivity index (χ1v) is 10.7. The number of thioether (sulfide) groups is 1. The van der Waals surface area contributed by atoms with E-state index in [0.29, 0.717) is 24.8 Å². The van der Waals surface area contributed by atoms with Gasteiger partial charge in [-0.15, -0.1) is 11.8 Å². The first-order valence-electron chi connectivity index (χ1n) is 9.68. The van der Waals surface area contributed by atoms with Crippen molar-refractivity contribution in [2.75, 3.05) is 25.6 Å². The van der Waals surface area contributed by atoms with Gasteiger partial charge in [-0.05, 0) is 43.0 Å². The first-order chi connectivity index (χ1) is 13.2. The first kappa shape index (κ1) is 20.2. The number of benzene rings is 2. The molecule has 2 aromatic carbocycles. The van der Waals surface area contributed by atoms with Crippen LogP contribution in [0.5, 0.6) is 5.75 Å². The van der Waals surface area contributed by atoms with E-state index in [1.165, 1.54) is 5.56 Å². The summed E-state index contributed by atoms with van der Waals surface area (Å²) in [5.74, 6) is 1.96. The molecule has 5 heteroatoms. The maximum atomic E-state index is 10.2. The monoisotopic (exact) mass is 386 g/mol. The topological polar surface area (TPSA) is 53.5 Å². The van der Waals surface area contributed by atoms with Crippen LogP contribution in [-0.2, 0) is 12.8 Å². The number of aliphatic hydroxyl groups is 1. The van der Waals surface area contributed by atoms with Crippen molar-refractivity contribution in [2.45, 2.75) is 37.2 Å². The lowest BCUT2D eigenvalue weighted by molar-refractivity contribution is 0.161. The molecule has 1 aliphatic heterocycles. The second-order valence-electron chi connectivity index (χ2n) is 7.20. The molecular weight excluding hydrogens is 356 g/mol. The molecule has 0 aliphatic carbocycles. The van der Waals surface area contributed by atoms with Gasteiger partial charge in [0.25, 0.3) is 0 Å². The van der Waals surface area contributed by atoms with Gasteiger partial charge in [-0.2, -0.15) is 0 Å². The second kappa shape index (κ2) is 10.7. The Morgan fingerprint density at radius 3 is 2.63 bits per heavy atom. The Morgan fingerprint density at radius 2 is 1.93 bits per heavy atom. The van der Waals surface area contributed by atoms with E-state index in [1.54, 1.807) is 0 Å². The Balaban J connectivity index is 1.34. The molecule has 0 amide bonds. The quantitative estimate of drug-likeness (QED) is 0.586. The lowest BCUT2D eigenvalue weighted by atomic mass is 10.1. The van der Waals surface area contributed by atoms with Crippen LogP contribution in [0, 0.1) is 0 Å². The van der Waals surface area contributed by atoms with Gasteiger partial charge in [0.05, 0.1) is 6.10 Å². The van der Waals surface area contributed by atoms with Crippen molar-refractivity contribution in [2.24, 2.45) is 0 Å². The molecule has 2 aromatic rings. The molecule has 3 rings (SSSR count). The summed E-state index contributed by atoms with van der Waals surface area (Å²) in [4.78, 5) is 0. The van der Waals surface area contributed by atoms with Crippen LogP contribution in [0.1, 0.15) is 18.1 Å². The fourth-order valence-corrected chi connectivity index (χ4v) is 4.16. The van der Waals surface area contributed by atoms with Gasteiger partial charge in [0.1, 0.15) is 12.4 Å². The van der Waals surface area contributed by atoms with Crippen molar-refractivity contribution < 1.29 is 9.84 Å². The predicted octanol–water partition coefficient (Wildman–Crippen LogP) is 2.85. The number of rotatable bonds is 10. The molecule has 1 fully saturated rings. The molecule has 1 heterocycles.